The third kappa shape index (κ3) is 2.58. The van der Waals surface area contributed by atoms with Gasteiger partial charge in [0, 0.05) is 24.1 Å². The Morgan fingerprint density at radius 3 is 2.72 bits per heavy atom. The van der Waals surface area contributed by atoms with E-state index >= 15 is 0 Å². The molecule has 18 heavy (non-hydrogen) atoms. The zero-order valence-corrected chi connectivity index (χ0v) is 11.5. The SMILES string of the molecule is CC1CSCCN1S(=O)(=O)c1cnc(NN)nc1. The lowest BCUT2D eigenvalue weighted by molar-refractivity contribution is 0.367. The van der Waals surface area contributed by atoms with Crippen molar-refractivity contribution in [3.63, 3.8) is 0 Å². The zero-order chi connectivity index (χ0) is 13.2. The average Bonchev–Trinajstić information content (AvgIpc) is 2.39. The van der Waals surface area contributed by atoms with Gasteiger partial charge in [-0.2, -0.15) is 16.1 Å². The third-order valence-electron chi connectivity index (χ3n) is 2.67. The molecule has 0 bridgehead atoms. The highest BCUT2D eigenvalue weighted by Gasteiger charge is 2.31. The number of hydrogen-bond donors (Lipinski definition) is 2. The van der Waals surface area contributed by atoms with Gasteiger partial charge in [0.2, 0.25) is 16.0 Å². The largest absolute Gasteiger partial charge is 0.292 e. The fraction of sp³-hybridized carbons (Fsp3) is 0.556. The molecule has 0 spiro atoms. The fourth-order valence-electron chi connectivity index (χ4n) is 1.73. The second kappa shape index (κ2) is 5.39. The molecule has 100 valence electrons. The van der Waals surface area contributed by atoms with Crippen molar-refractivity contribution in [2.75, 3.05) is 23.5 Å². The molecule has 1 saturated heterocycles. The number of nitrogen functional groups attached to an aromatic ring is 1. The Morgan fingerprint density at radius 2 is 2.17 bits per heavy atom. The van der Waals surface area contributed by atoms with Gasteiger partial charge in [-0.25, -0.2) is 24.2 Å². The molecule has 2 rings (SSSR count). The molecule has 7 nitrogen and oxygen atoms in total. The summed E-state index contributed by atoms with van der Waals surface area (Å²) >= 11 is 1.76. The van der Waals surface area contributed by atoms with Gasteiger partial charge in [0.15, 0.2) is 0 Å². The fourth-order valence-corrected chi connectivity index (χ4v) is 4.47. The summed E-state index contributed by atoms with van der Waals surface area (Å²) in [6.45, 7) is 2.42. The number of sulfonamides is 1. The molecule has 1 unspecified atom stereocenters. The van der Waals surface area contributed by atoms with Crippen molar-refractivity contribution in [1.82, 2.24) is 14.3 Å². The predicted octanol–water partition coefficient (Wildman–Crippen LogP) is -0.112. The number of nitrogens with zero attached hydrogens (tertiary/aromatic N) is 3. The van der Waals surface area contributed by atoms with Crippen LogP contribution in [0.3, 0.4) is 0 Å². The second-order valence-corrected chi connectivity index (χ2v) is 6.97. The van der Waals surface area contributed by atoms with Crippen LogP contribution in [0.2, 0.25) is 0 Å². The van der Waals surface area contributed by atoms with Crippen molar-refractivity contribution < 1.29 is 8.42 Å². The van der Waals surface area contributed by atoms with Crippen LogP contribution in [0.4, 0.5) is 5.95 Å². The van der Waals surface area contributed by atoms with Crippen molar-refractivity contribution in [3.05, 3.63) is 12.4 Å². The van der Waals surface area contributed by atoms with Crippen LogP contribution in [-0.4, -0.2) is 46.8 Å². The van der Waals surface area contributed by atoms with Gasteiger partial charge < -0.3 is 0 Å². The molecule has 1 aliphatic heterocycles. The van der Waals surface area contributed by atoms with Crippen LogP contribution in [0.25, 0.3) is 0 Å². The molecule has 2 heterocycles. The monoisotopic (exact) mass is 289 g/mol. The Kier molecular flexibility index (Phi) is 4.05. The molecule has 9 heteroatoms. The molecular formula is C9H15N5O2S2. The highest BCUT2D eigenvalue weighted by Crippen LogP contribution is 2.23. The number of thioether (sulfide) groups is 1. The molecule has 0 amide bonds. The molecule has 0 aliphatic carbocycles. The molecule has 3 N–H and O–H groups in total. The van der Waals surface area contributed by atoms with Crippen molar-refractivity contribution in [2.45, 2.75) is 17.9 Å². The topological polar surface area (TPSA) is 101 Å². The highest BCUT2D eigenvalue weighted by molar-refractivity contribution is 7.99. The summed E-state index contributed by atoms with van der Waals surface area (Å²) in [4.78, 5) is 7.75. The van der Waals surface area contributed by atoms with Gasteiger partial charge in [0.1, 0.15) is 4.90 Å². The van der Waals surface area contributed by atoms with E-state index in [1.165, 1.54) is 16.7 Å². The smallest absolute Gasteiger partial charge is 0.246 e. The Hall–Kier alpha value is -0.900. The van der Waals surface area contributed by atoms with E-state index in [-0.39, 0.29) is 16.9 Å². The van der Waals surface area contributed by atoms with Crippen LogP contribution in [0, 0.1) is 0 Å². The summed E-state index contributed by atoms with van der Waals surface area (Å²) in [5, 5.41) is 0. The Bertz CT molecular complexity index is 504. The summed E-state index contributed by atoms with van der Waals surface area (Å²) in [6, 6.07) is -0.0129. The van der Waals surface area contributed by atoms with Gasteiger partial charge in [-0.1, -0.05) is 0 Å². The first-order valence-corrected chi connectivity index (χ1v) is 8.03. The van der Waals surface area contributed by atoms with Crippen molar-refractivity contribution >= 4 is 27.7 Å². The van der Waals surface area contributed by atoms with E-state index in [4.69, 9.17) is 5.84 Å². The molecule has 0 radical (unpaired) electrons. The maximum absolute atomic E-state index is 12.4. The first-order chi connectivity index (χ1) is 8.55. The predicted molar refractivity (Wildman–Crippen MR) is 70.5 cm³/mol. The standard InChI is InChI=1S/C9H15N5O2S2/c1-7-6-17-3-2-14(7)18(15,16)8-4-11-9(13-10)12-5-8/h4-5,7H,2-3,6,10H2,1H3,(H,11,12,13). The Morgan fingerprint density at radius 1 is 1.50 bits per heavy atom. The molecule has 1 fully saturated rings. The quantitative estimate of drug-likeness (QED) is 0.591. The number of hydrazine groups is 1. The summed E-state index contributed by atoms with van der Waals surface area (Å²) in [5.41, 5.74) is 2.26. The molecular weight excluding hydrogens is 274 g/mol. The molecule has 1 atom stereocenters. The minimum atomic E-state index is -3.51. The minimum Gasteiger partial charge on any atom is -0.292 e. The average molecular weight is 289 g/mol. The maximum Gasteiger partial charge on any atom is 0.246 e. The van der Waals surface area contributed by atoms with E-state index < -0.39 is 10.0 Å². The number of anilines is 1. The molecule has 1 aromatic heterocycles. The van der Waals surface area contributed by atoms with Gasteiger partial charge in [-0.05, 0) is 6.92 Å². The van der Waals surface area contributed by atoms with E-state index in [2.05, 4.69) is 15.4 Å². The second-order valence-electron chi connectivity index (χ2n) is 3.93. The van der Waals surface area contributed by atoms with Gasteiger partial charge in [-0.3, -0.25) is 5.43 Å². The van der Waals surface area contributed by atoms with Crippen LogP contribution in [0.15, 0.2) is 17.3 Å². The van der Waals surface area contributed by atoms with Crippen molar-refractivity contribution in [2.24, 2.45) is 5.84 Å². The summed E-state index contributed by atoms with van der Waals surface area (Å²) in [5.74, 6) is 6.95. The zero-order valence-electron chi connectivity index (χ0n) is 9.91. The van der Waals surface area contributed by atoms with Gasteiger partial charge in [0.25, 0.3) is 0 Å². The van der Waals surface area contributed by atoms with Gasteiger partial charge >= 0.3 is 0 Å². The van der Waals surface area contributed by atoms with E-state index in [1.807, 2.05) is 6.92 Å². The Balaban J connectivity index is 2.28. The molecule has 0 saturated carbocycles. The lowest BCUT2D eigenvalue weighted by Gasteiger charge is -2.31. The Labute approximate surface area is 110 Å². The van der Waals surface area contributed by atoms with Crippen LogP contribution in [-0.2, 0) is 10.0 Å². The van der Waals surface area contributed by atoms with E-state index in [0.717, 1.165) is 11.5 Å². The van der Waals surface area contributed by atoms with Gasteiger partial charge in [-0.15, -0.1) is 0 Å². The molecule has 1 aliphatic rings. The summed E-state index contributed by atoms with van der Waals surface area (Å²) in [6.07, 6.45) is 2.54. The van der Waals surface area contributed by atoms with E-state index in [9.17, 15) is 8.42 Å². The van der Waals surface area contributed by atoms with Crippen molar-refractivity contribution in [1.29, 1.82) is 0 Å². The highest BCUT2D eigenvalue weighted by atomic mass is 32.2. The summed E-state index contributed by atoms with van der Waals surface area (Å²) < 4.78 is 26.3. The van der Waals surface area contributed by atoms with Crippen LogP contribution in [0.1, 0.15) is 6.92 Å². The van der Waals surface area contributed by atoms with Gasteiger partial charge in [0.05, 0.1) is 12.4 Å². The van der Waals surface area contributed by atoms with E-state index in [1.54, 1.807) is 11.8 Å². The maximum atomic E-state index is 12.4. The first-order valence-electron chi connectivity index (χ1n) is 5.44. The van der Waals surface area contributed by atoms with Crippen molar-refractivity contribution in [3.8, 4) is 0 Å². The lowest BCUT2D eigenvalue weighted by Crippen LogP contribution is -2.44. The minimum absolute atomic E-state index is 0.0129. The van der Waals surface area contributed by atoms with Crippen LogP contribution >= 0.6 is 11.8 Å². The van der Waals surface area contributed by atoms with Crippen LogP contribution < -0.4 is 11.3 Å². The number of nitrogens with two attached hydrogens (primary N) is 1. The lowest BCUT2D eigenvalue weighted by atomic mass is 10.4. The number of hydrogen-bond acceptors (Lipinski definition) is 7. The number of rotatable bonds is 3. The van der Waals surface area contributed by atoms with E-state index in [0.29, 0.717) is 6.54 Å². The normalized spacial score (nSPS) is 21.8. The number of nitrogens with one attached hydrogen (secondary N) is 1. The summed E-state index contributed by atoms with van der Waals surface area (Å²) in [7, 11) is -3.51. The molecule has 0 aromatic carbocycles. The first kappa shape index (κ1) is 13.5. The number of aromatic nitrogens is 2. The van der Waals surface area contributed by atoms with Crippen LogP contribution in [0.5, 0.6) is 0 Å². The molecule has 1 aromatic rings. The third-order valence-corrected chi connectivity index (χ3v) is 5.83.